The third-order valence-electron chi connectivity index (χ3n) is 2.12. The van der Waals surface area contributed by atoms with Gasteiger partial charge >= 0.3 is 5.97 Å². The number of aliphatic carboxylic acids is 1. The standard InChI is InChI=1S/C9H18N2O3/c1-4-7(9(13)14)11(3)8(12)5-6-10-2/h7,10H,4-6H2,1-3H3,(H,13,14). The van der Waals surface area contributed by atoms with Crippen molar-refractivity contribution in [3.63, 3.8) is 0 Å². The molecule has 0 spiro atoms. The molecule has 0 aliphatic heterocycles. The van der Waals surface area contributed by atoms with Crippen LogP contribution in [0.15, 0.2) is 0 Å². The van der Waals surface area contributed by atoms with Crippen LogP contribution < -0.4 is 5.32 Å². The number of carboxylic acid groups (broad SMARTS) is 1. The topological polar surface area (TPSA) is 69.6 Å². The summed E-state index contributed by atoms with van der Waals surface area (Å²) < 4.78 is 0. The Balaban J connectivity index is 4.20. The van der Waals surface area contributed by atoms with Gasteiger partial charge in [-0.25, -0.2) is 4.79 Å². The first kappa shape index (κ1) is 12.9. The van der Waals surface area contributed by atoms with Crippen LogP contribution in [0.5, 0.6) is 0 Å². The number of hydrogen-bond acceptors (Lipinski definition) is 3. The molecule has 14 heavy (non-hydrogen) atoms. The van der Waals surface area contributed by atoms with E-state index in [1.165, 1.54) is 11.9 Å². The number of nitrogens with one attached hydrogen (secondary N) is 1. The zero-order valence-corrected chi connectivity index (χ0v) is 8.91. The minimum absolute atomic E-state index is 0.145. The molecule has 0 aromatic heterocycles. The fraction of sp³-hybridized carbons (Fsp3) is 0.778. The fourth-order valence-corrected chi connectivity index (χ4v) is 1.20. The Morgan fingerprint density at radius 1 is 1.50 bits per heavy atom. The minimum Gasteiger partial charge on any atom is -0.480 e. The van der Waals surface area contributed by atoms with Gasteiger partial charge in [0.2, 0.25) is 5.91 Å². The predicted molar refractivity (Wildman–Crippen MR) is 53.0 cm³/mol. The normalized spacial score (nSPS) is 12.2. The maximum absolute atomic E-state index is 11.4. The van der Waals surface area contributed by atoms with E-state index in [1.54, 1.807) is 14.0 Å². The van der Waals surface area contributed by atoms with Crippen molar-refractivity contribution < 1.29 is 14.7 Å². The molecular formula is C9H18N2O3. The Morgan fingerprint density at radius 2 is 2.07 bits per heavy atom. The van der Waals surface area contributed by atoms with E-state index < -0.39 is 12.0 Å². The highest BCUT2D eigenvalue weighted by Gasteiger charge is 2.23. The summed E-state index contributed by atoms with van der Waals surface area (Å²) in [5, 5.41) is 11.7. The molecule has 0 saturated carbocycles. The van der Waals surface area contributed by atoms with Gasteiger partial charge in [-0.1, -0.05) is 6.92 Å². The molecule has 0 aromatic carbocycles. The largest absolute Gasteiger partial charge is 0.480 e. The summed E-state index contributed by atoms with van der Waals surface area (Å²) in [4.78, 5) is 23.5. The number of carboxylic acids is 1. The van der Waals surface area contributed by atoms with Gasteiger partial charge in [-0.3, -0.25) is 4.79 Å². The number of likely N-dealkylation sites (N-methyl/N-ethyl adjacent to an activating group) is 1. The van der Waals surface area contributed by atoms with Crippen molar-refractivity contribution in [1.29, 1.82) is 0 Å². The molecule has 0 bridgehead atoms. The Kier molecular flexibility index (Phi) is 5.87. The van der Waals surface area contributed by atoms with Crippen LogP contribution in [0.2, 0.25) is 0 Å². The molecule has 5 nitrogen and oxygen atoms in total. The first-order valence-corrected chi connectivity index (χ1v) is 4.67. The second-order valence-electron chi connectivity index (χ2n) is 3.12. The van der Waals surface area contributed by atoms with Crippen molar-refractivity contribution >= 4 is 11.9 Å². The Labute approximate surface area is 84.1 Å². The van der Waals surface area contributed by atoms with E-state index in [2.05, 4.69) is 5.32 Å². The minimum atomic E-state index is -0.951. The van der Waals surface area contributed by atoms with Crippen molar-refractivity contribution in [2.24, 2.45) is 0 Å². The second kappa shape index (κ2) is 6.37. The number of nitrogens with zero attached hydrogens (tertiary/aromatic N) is 1. The van der Waals surface area contributed by atoms with Crippen molar-refractivity contribution in [2.45, 2.75) is 25.8 Å². The van der Waals surface area contributed by atoms with Crippen molar-refractivity contribution in [1.82, 2.24) is 10.2 Å². The fourth-order valence-electron chi connectivity index (χ4n) is 1.20. The van der Waals surface area contributed by atoms with Gasteiger partial charge in [0.1, 0.15) is 6.04 Å². The highest BCUT2D eigenvalue weighted by atomic mass is 16.4. The molecule has 0 fully saturated rings. The van der Waals surface area contributed by atoms with Crippen LogP contribution in [0.4, 0.5) is 0 Å². The van der Waals surface area contributed by atoms with E-state index >= 15 is 0 Å². The van der Waals surface area contributed by atoms with Crippen LogP contribution in [0, 0.1) is 0 Å². The summed E-state index contributed by atoms with van der Waals surface area (Å²) in [6, 6.07) is -0.709. The average molecular weight is 202 g/mol. The molecular weight excluding hydrogens is 184 g/mol. The molecule has 5 heteroatoms. The molecule has 0 saturated heterocycles. The van der Waals surface area contributed by atoms with Crippen molar-refractivity contribution in [3.05, 3.63) is 0 Å². The van der Waals surface area contributed by atoms with E-state index in [0.717, 1.165) is 0 Å². The average Bonchev–Trinajstić information content (AvgIpc) is 2.14. The highest BCUT2D eigenvalue weighted by molar-refractivity contribution is 5.83. The molecule has 2 N–H and O–H groups in total. The lowest BCUT2D eigenvalue weighted by Crippen LogP contribution is -2.42. The van der Waals surface area contributed by atoms with Gasteiger partial charge in [0.05, 0.1) is 0 Å². The number of rotatable bonds is 6. The van der Waals surface area contributed by atoms with Crippen LogP contribution in [-0.4, -0.2) is 48.6 Å². The maximum atomic E-state index is 11.4. The molecule has 82 valence electrons. The molecule has 0 heterocycles. The zero-order chi connectivity index (χ0) is 11.1. The summed E-state index contributed by atoms with van der Waals surface area (Å²) in [5.74, 6) is -1.10. The van der Waals surface area contributed by atoms with Gasteiger partial charge in [-0.2, -0.15) is 0 Å². The van der Waals surface area contributed by atoms with Gasteiger partial charge in [-0.15, -0.1) is 0 Å². The molecule has 1 amide bonds. The summed E-state index contributed by atoms with van der Waals surface area (Å²) in [7, 11) is 3.28. The van der Waals surface area contributed by atoms with Gasteiger partial charge in [0.25, 0.3) is 0 Å². The number of carbonyl (C=O) groups is 2. The van der Waals surface area contributed by atoms with Gasteiger partial charge in [0.15, 0.2) is 0 Å². The maximum Gasteiger partial charge on any atom is 0.326 e. The van der Waals surface area contributed by atoms with Gasteiger partial charge in [-0.05, 0) is 13.5 Å². The lowest BCUT2D eigenvalue weighted by atomic mass is 10.2. The number of hydrogen-bond donors (Lipinski definition) is 2. The molecule has 1 unspecified atom stereocenters. The molecule has 0 aromatic rings. The smallest absolute Gasteiger partial charge is 0.326 e. The molecule has 0 rings (SSSR count). The lowest BCUT2D eigenvalue weighted by Gasteiger charge is -2.23. The molecule has 0 aliphatic rings. The molecule has 0 radical (unpaired) electrons. The highest BCUT2D eigenvalue weighted by Crippen LogP contribution is 2.03. The third-order valence-corrected chi connectivity index (χ3v) is 2.12. The van der Waals surface area contributed by atoms with E-state index in [4.69, 9.17) is 5.11 Å². The summed E-state index contributed by atoms with van der Waals surface area (Å²) in [6.45, 7) is 2.32. The number of amides is 1. The van der Waals surface area contributed by atoms with E-state index in [1.807, 2.05) is 0 Å². The van der Waals surface area contributed by atoms with Crippen LogP contribution >= 0.6 is 0 Å². The Morgan fingerprint density at radius 3 is 2.43 bits per heavy atom. The Bertz CT molecular complexity index is 206. The molecule has 1 atom stereocenters. The SMILES string of the molecule is CCC(C(=O)O)N(C)C(=O)CCNC. The quantitative estimate of drug-likeness (QED) is 0.632. The Hall–Kier alpha value is -1.10. The first-order valence-electron chi connectivity index (χ1n) is 4.67. The summed E-state index contributed by atoms with van der Waals surface area (Å²) >= 11 is 0. The third kappa shape index (κ3) is 3.74. The second-order valence-corrected chi connectivity index (χ2v) is 3.12. The monoisotopic (exact) mass is 202 g/mol. The van der Waals surface area contributed by atoms with Crippen LogP contribution in [0.25, 0.3) is 0 Å². The molecule has 0 aliphatic carbocycles. The van der Waals surface area contributed by atoms with Crippen LogP contribution in [-0.2, 0) is 9.59 Å². The van der Waals surface area contributed by atoms with Crippen LogP contribution in [0.3, 0.4) is 0 Å². The van der Waals surface area contributed by atoms with E-state index in [9.17, 15) is 9.59 Å². The van der Waals surface area contributed by atoms with Gasteiger partial charge < -0.3 is 15.3 Å². The predicted octanol–water partition coefficient (Wildman–Crippen LogP) is -0.0825. The van der Waals surface area contributed by atoms with Crippen molar-refractivity contribution in [2.75, 3.05) is 20.6 Å². The summed E-state index contributed by atoms with van der Waals surface area (Å²) in [5.41, 5.74) is 0. The lowest BCUT2D eigenvalue weighted by molar-refractivity contribution is -0.149. The van der Waals surface area contributed by atoms with E-state index in [-0.39, 0.29) is 5.91 Å². The summed E-state index contributed by atoms with van der Waals surface area (Å²) in [6.07, 6.45) is 0.758. The van der Waals surface area contributed by atoms with Crippen LogP contribution in [0.1, 0.15) is 19.8 Å². The first-order chi connectivity index (χ1) is 6.54. The van der Waals surface area contributed by atoms with Gasteiger partial charge in [0, 0.05) is 20.0 Å². The number of carbonyl (C=O) groups excluding carboxylic acids is 1. The van der Waals surface area contributed by atoms with E-state index in [0.29, 0.717) is 19.4 Å². The zero-order valence-electron chi connectivity index (χ0n) is 8.91. The van der Waals surface area contributed by atoms with Crippen molar-refractivity contribution in [3.8, 4) is 0 Å².